The summed E-state index contributed by atoms with van der Waals surface area (Å²) in [6, 6.07) is -0.0506. The topological polar surface area (TPSA) is 112 Å². The predicted octanol–water partition coefficient (Wildman–Crippen LogP) is 1.82. The number of carboxylic acid groups (broad SMARTS) is 1. The van der Waals surface area contributed by atoms with Gasteiger partial charge < -0.3 is 5.11 Å². The Hall–Kier alpha value is -0.920. The molecule has 13 heteroatoms. The summed E-state index contributed by atoms with van der Waals surface area (Å²) < 4.78 is 83.4. The van der Waals surface area contributed by atoms with Crippen molar-refractivity contribution in [1.29, 1.82) is 0 Å². The summed E-state index contributed by atoms with van der Waals surface area (Å²) in [6.45, 7) is 10.2. The molecule has 2 aliphatic heterocycles. The molecule has 184 valence electrons. The first-order chi connectivity index (χ1) is 14.0. The highest BCUT2D eigenvalue weighted by Crippen LogP contribution is 2.29. The molecule has 0 unspecified atom stereocenters. The monoisotopic (exact) mass is 494 g/mol. The number of nitrogens with zero attached hydrogens (tertiary/aromatic N) is 2. The minimum absolute atomic E-state index is 0.0506. The van der Waals surface area contributed by atoms with Gasteiger partial charge in [-0.2, -0.15) is 13.2 Å². The zero-order valence-electron chi connectivity index (χ0n) is 18.3. The molecule has 2 saturated heterocycles. The van der Waals surface area contributed by atoms with Crippen molar-refractivity contribution in [3.05, 3.63) is 0 Å². The lowest BCUT2D eigenvalue weighted by Crippen LogP contribution is -2.55. The summed E-state index contributed by atoms with van der Waals surface area (Å²) in [7, 11) is -6.44. The average molecular weight is 495 g/mol. The number of hydrogen-bond donors (Lipinski definition) is 1. The fourth-order valence-electron chi connectivity index (χ4n) is 3.94. The van der Waals surface area contributed by atoms with E-state index in [0.29, 0.717) is 38.4 Å². The number of hydrogen-bond acceptors (Lipinski definition) is 6. The molecule has 0 spiro atoms. The van der Waals surface area contributed by atoms with Crippen LogP contribution in [0.25, 0.3) is 0 Å². The summed E-state index contributed by atoms with van der Waals surface area (Å²) in [6.07, 6.45) is -4.06. The molecule has 1 N–H and O–H groups in total. The SMILES string of the molecule is CC(C)CN1CCS(=O)(=O)[C@@H]2CCN(S(=O)(=O)CC(C)C)CC[C@@H]21.O=C(O)C(F)(F)F. The van der Waals surface area contributed by atoms with Crippen LogP contribution in [0.2, 0.25) is 0 Å². The van der Waals surface area contributed by atoms with E-state index in [4.69, 9.17) is 9.90 Å². The van der Waals surface area contributed by atoms with E-state index in [-0.39, 0.29) is 23.5 Å². The third-order valence-corrected chi connectivity index (χ3v) is 9.60. The van der Waals surface area contributed by atoms with E-state index in [0.717, 1.165) is 6.54 Å². The molecule has 0 saturated carbocycles. The summed E-state index contributed by atoms with van der Waals surface area (Å²) in [5, 5.41) is 6.70. The first-order valence-corrected chi connectivity index (χ1v) is 13.5. The molecule has 0 aromatic heterocycles. The molecule has 0 aliphatic carbocycles. The Kier molecular flexibility index (Phi) is 9.79. The molecule has 2 heterocycles. The number of halogens is 3. The van der Waals surface area contributed by atoms with Gasteiger partial charge in [-0.3, -0.25) is 4.90 Å². The van der Waals surface area contributed by atoms with E-state index in [9.17, 15) is 30.0 Å². The first-order valence-electron chi connectivity index (χ1n) is 10.2. The number of sulfonamides is 1. The summed E-state index contributed by atoms with van der Waals surface area (Å²) in [4.78, 5) is 11.2. The second-order valence-corrected chi connectivity index (χ2v) is 13.2. The van der Waals surface area contributed by atoms with Crippen LogP contribution in [0, 0.1) is 11.8 Å². The number of aliphatic carboxylic acids is 1. The first kappa shape index (κ1) is 28.1. The predicted molar refractivity (Wildman–Crippen MR) is 111 cm³/mol. The van der Waals surface area contributed by atoms with Crippen LogP contribution in [0.5, 0.6) is 0 Å². The maximum absolute atomic E-state index is 12.5. The smallest absolute Gasteiger partial charge is 0.475 e. The van der Waals surface area contributed by atoms with Crippen LogP contribution >= 0.6 is 0 Å². The van der Waals surface area contributed by atoms with Crippen LogP contribution in [0.1, 0.15) is 40.5 Å². The second-order valence-electron chi connectivity index (χ2n) is 8.81. The van der Waals surface area contributed by atoms with Crippen molar-refractivity contribution in [2.24, 2.45) is 11.8 Å². The molecule has 2 aliphatic rings. The zero-order chi connectivity index (χ0) is 24.2. The van der Waals surface area contributed by atoms with Crippen LogP contribution in [-0.4, -0.2) is 92.3 Å². The third kappa shape index (κ3) is 8.50. The molecule has 2 rings (SSSR count). The lowest BCUT2D eigenvalue weighted by molar-refractivity contribution is -0.192. The molecule has 0 amide bonds. The summed E-state index contributed by atoms with van der Waals surface area (Å²) in [5.74, 6) is -1.89. The Morgan fingerprint density at radius 3 is 2.03 bits per heavy atom. The number of alkyl halides is 3. The van der Waals surface area contributed by atoms with Crippen LogP contribution in [0.15, 0.2) is 0 Å². The minimum Gasteiger partial charge on any atom is -0.475 e. The quantitative estimate of drug-likeness (QED) is 0.621. The Labute approximate surface area is 182 Å². The summed E-state index contributed by atoms with van der Waals surface area (Å²) >= 11 is 0. The van der Waals surface area contributed by atoms with Gasteiger partial charge in [0.2, 0.25) is 10.0 Å². The second kappa shape index (κ2) is 10.8. The molecule has 0 bridgehead atoms. The van der Waals surface area contributed by atoms with Gasteiger partial charge in [-0.05, 0) is 24.7 Å². The standard InChI is InChI=1S/C16H32N2O4S2.C2HF3O2/c1-13(2)11-17-9-10-23(19,20)16-6-8-18(7-5-15(16)17)24(21,22)12-14(3)4;3-2(4,5)1(6)7/h13-16H,5-12H2,1-4H3;(H,6,7)/t15-,16+;/m0./s1. The lowest BCUT2D eigenvalue weighted by Gasteiger charge is -2.40. The van der Waals surface area contributed by atoms with Gasteiger partial charge in [0.1, 0.15) is 0 Å². The maximum atomic E-state index is 12.5. The molecule has 0 radical (unpaired) electrons. The molecular weight excluding hydrogens is 461 g/mol. The number of fused-ring (bicyclic) bond motifs is 1. The van der Waals surface area contributed by atoms with Gasteiger partial charge in [0.15, 0.2) is 9.84 Å². The van der Waals surface area contributed by atoms with Crippen molar-refractivity contribution in [3.63, 3.8) is 0 Å². The summed E-state index contributed by atoms with van der Waals surface area (Å²) in [5.41, 5.74) is 0. The van der Waals surface area contributed by atoms with Crippen molar-refractivity contribution in [2.45, 2.75) is 58.0 Å². The van der Waals surface area contributed by atoms with Gasteiger partial charge in [-0.15, -0.1) is 0 Å². The van der Waals surface area contributed by atoms with E-state index in [1.165, 1.54) is 4.31 Å². The highest BCUT2D eigenvalue weighted by Gasteiger charge is 2.44. The van der Waals surface area contributed by atoms with Gasteiger partial charge >= 0.3 is 12.1 Å². The Balaban J connectivity index is 0.000000592. The van der Waals surface area contributed by atoms with Crippen molar-refractivity contribution >= 4 is 25.8 Å². The third-order valence-electron chi connectivity index (χ3n) is 5.14. The molecule has 31 heavy (non-hydrogen) atoms. The van der Waals surface area contributed by atoms with E-state index < -0.39 is 37.3 Å². The Morgan fingerprint density at radius 1 is 1.06 bits per heavy atom. The fourth-order valence-corrected chi connectivity index (χ4v) is 7.80. The molecule has 2 atom stereocenters. The number of carbonyl (C=O) groups is 1. The fraction of sp³-hybridized carbons (Fsp3) is 0.944. The Bertz CT molecular complexity index is 813. The van der Waals surface area contributed by atoms with Gasteiger partial charge in [0, 0.05) is 32.2 Å². The molecule has 0 aromatic rings. The molecule has 0 aromatic carbocycles. The molecule has 8 nitrogen and oxygen atoms in total. The van der Waals surface area contributed by atoms with Gasteiger partial charge in [0.05, 0.1) is 16.8 Å². The van der Waals surface area contributed by atoms with Crippen LogP contribution in [0.3, 0.4) is 0 Å². The van der Waals surface area contributed by atoms with Crippen molar-refractivity contribution < 1.29 is 39.9 Å². The normalized spacial score (nSPS) is 25.5. The minimum atomic E-state index is -5.08. The van der Waals surface area contributed by atoms with Gasteiger partial charge in [0.25, 0.3) is 0 Å². The van der Waals surface area contributed by atoms with E-state index in [2.05, 4.69) is 18.7 Å². The van der Waals surface area contributed by atoms with E-state index in [1.54, 1.807) is 0 Å². The Morgan fingerprint density at radius 2 is 1.58 bits per heavy atom. The number of carboxylic acids is 1. The number of rotatable bonds is 5. The van der Waals surface area contributed by atoms with Gasteiger partial charge in [-0.25, -0.2) is 25.9 Å². The number of sulfone groups is 1. The molecule has 2 fully saturated rings. The largest absolute Gasteiger partial charge is 0.490 e. The lowest BCUT2D eigenvalue weighted by atomic mass is 10.0. The highest BCUT2D eigenvalue weighted by atomic mass is 32.2. The van der Waals surface area contributed by atoms with Crippen LogP contribution in [0.4, 0.5) is 13.2 Å². The van der Waals surface area contributed by atoms with Crippen molar-refractivity contribution in [2.75, 3.05) is 37.7 Å². The van der Waals surface area contributed by atoms with Crippen LogP contribution < -0.4 is 0 Å². The van der Waals surface area contributed by atoms with E-state index in [1.807, 2.05) is 13.8 Å². The van der Waals surface area contributed by atoms with Crippen LogP contribution in [-0.2, 0) is 24.7 Å². The van der Waals surface area contributed by atoms with Gasteiger partial charge in [-0.1, -0.05) is 27.7 Å². The maximum Gasteiger partial charge on any atom is 0.490 e. The average Bonchev–Trinajstić information content (AvgIpc) is 2.80. The van der Waals surface area contributed by atoms with Crippen molar-refractivity contribution in [3.8, 4) is 0 Å². The zero-order valence-corrected chi connectivity index (χ0v) is 19.9. The van der Waals surface area contributed by atoms with Crippen molar-refractivity contribution in [1.82, 2.24) is 9.21 Å². The van der Waals surface area contributed by atoms with E-state index >= 15 is 0 Å². The highest BCUT2D eigenvalue weighted by molar-refractivity contribution is 7.92. The molecular formula is C18H33F3N2O6S2.